The highest BCUT2D eigenvalue weighted by molar-refractivity contribution is 5.97. The summed E-state index contributed by atoms with van der Waals surface area (Å²) < 4.78 is 5.25. The number of hydrogen-bond acceptors (Lipinski definition) is 5. The molecule has 204 valence electrons. The van der Waals surface area contributed by atoms with Crippen molar-refractivity contribution in [2.24, 2.45) is 5.41 Å². The molecule has 1 atom stereocenters. The molecule has 2 aliphatic rings. The van der Waals surface area contributed by atoms with Crippen molar-refractivity contribution in [3.05, 3.63) is 95.6 Å². The maximum absolute atomic E-state index is 13.5. The maximum Gasteiger partial charge on any atom is 0.255 e. The highest BCUT2D eigenvalue weighted by atomic mass is 16.5. The van der Waals surface area contributed by atoms with Crippen molar-refractivity contribution in [2.75, 3.05) is 33.3 Å². The molecule has 3 aromatic rings. The average Bonchev–Trinajstić information content (AvgIpc) is 3.27. The van der Waals surface area contributed by atoms with Crippen molar-refractivity contribution in [2.45, 2.75) is 38.3 Å². The van der Waals surface area contributed by atoms with E-state index in [1.165, 1.54) is 6.07 Å². The molecule has 7 heteroatoms. The number of carbonyl (C=O) groups is 2. The van der Waals surface area contributed by atoms with Crippen LogP contribution in [0.15, 0.2) is 78.9 Å². The number of phenols is 1. The second kappa shape index (κ2) is 11.9. The second-order valence-corrected chi connectivity index (χ2v) is 10.7. The molecule has 5 rings (SSSR count). The summed E-state index contributed by atoms with van der Waals surface area (Å²) in [5.41, 5.74) is 2.18. The third-order valence-electron chi connectivity index (χ3n) is 8.34. The third kappa shape index (κ3) is 6.09. The first-order chi connectivity index (χ1) is 19.0. The summed E-state index contributed by atoms with van der Waals surface area (Å²) in [6.07, 6.45) is 3.39. The smallest absolute Gasteiger partial charge is 0.255 e. The second-order valence-electron chi connectivity index (χ2n) is 10.7. The van der Waals surface area contributed by atoms with Crippen molar-refractivity contribution in [1.82, 2.24) is 15.1 Å². The number of carbonyl (C=O) groups excluding carboxylic acids is 2. The lowest BCUT2D eigenvalue weighted by Crippen LogP contribution is -2.45. The first-order valence-corrected chi connectivity index (χ1v) is 13.8. The molecule has 0 aromatic heterocycles. The van der Waals surface area contributed by atoms with Gasteiger partial charge in [0.15, 0.2) is 0 Å². The number of likely N-dealkylation sites (tertiary alicyclic amines) is 2. The molecule has 0 aliphatic carbocycles. The summed E-state index contributed by atoms with van der Waals surface area (Å²) in [5.74, 6) is 0.802. The minimum absolute atomic E-state index is 0.0228. The molecular formula is C32H37N3O4. The first-order valence-electron chi connectivity index (χ1n) is 13.8. The van der Waals surface area contributed by atoms with Crippen molar-refractivity contribution >= 4 is 11.8 Å². The van der Waals surface area contributed by atoms with Crippen LogP contribution in [0.2, 0.25) is 0 Å². The normalized spacial score (nSPS) is 17.8. The SMILES string of the molecule is COc1ccc(CN2CCC3(CCN(CCC(NC(=O)c4ccccc4O)c4ccccc4)CC3)C2=O)cc1. The molecule has 2 aliphatic heterocycles. The quantitative estimate of drug-likeness (QED) is 0.419. The zero-order valence-corrected chi connectivity index (χ0v) is 22.5. The number of methoxy groups -OCH3 is 1. The van der Waals surface area contributed by atoms with Gasteiger partial charge in [-0.1, -0.05) is 54.6 Å². The van der Waals surface area contributed by atoms with Crippen LogP contribution in [0, 0.1) is 5.41 Å². The van der Waals surface area contributed by atoms with Crippen LogP contribution in [0.4, 0.5) is 0 Å². The summed E-state index contributed by atoms with van der Waals surface area (Å²) in [5, 5.41) is 13.3. The number of ether oxygens (including phenoxy) is 1. The zero-order chi connectivity index (χ0) is 27.2. The lowest BCUT2D eigenvalue weighted by molar-refractivity contribution is -0.138. The largest absolute Gasteiger partial charge is 0.507 e. The Hall–Kier alpha value is -3.84. The van der Waals surface area contributed by atoms with Crippen LogP contribution >= 0.6 is 0 Å². The number of piperidine rings is 1. The van der Waals surface area contributed by atoms with E-state index in [2.05, 4.69) is 10.2 Å². The molecule has 1 unspecified atom stereocenters. The van der Waals surface area contributed by atoms with E-state index in [0.717, 1.165) is 68.7 Å². The summed E-state index contributed by atoms with van der Waals surface area (Å²) in [7, 11) is 1.66. The molecular weight excluding hydrogens is 490 g/mol. The Bertz CT molecular complexity index is 1270. The number of phenolic OH excluding ortho intramolecular Hbond substituents is 1. The number of para-hydroxylation sites is 1. The fourth-order valence-electron chi connectivity index (χ4n) is 5.88. The van der Waals surface area contributed by atoms with Crippen LogP contribution in [0.5, 0.6) is 11.5 Å². The van der Waals surface area contributed by atoms with Gasteiger partial charge in [0.2, 0.25) is 5.91 Å². The third-order valence-corrected chi connectivity index (χ3v) is 8.34. The molecule has 1 spiro atoms. The molecule has 3 aromatic carbocycles. The van der Waals surface area contributed by atoms with E-state index in [4.69, 9.17) is 4.74 Å². The molecule has 2 saturated heterocycles. The summed E-state index contributed by atoms with van der Waals surface area (Å²) in [4.78, 5) is 30.9. The first kappa shape index (κ1) is 26.8. The Morgan fingerprint density at radius 1 is 0.949 bits per heavy atom. The van der Waals surface area contributed by atoms with Gasteiger partial charge >= 0.3 is 0 Å². The van der Waals surface area contributed by atoms with Gasteiger partial charge < -0.3 is 25.0 Å². The van der Waals surface area contributed by atoms with E-state index in [1.807, 2.05) is 59.5 Å². The fraction of sp³-hybridized carbons (Fsp3) is 0.375. The van der Waals surface area contributed by atoms with E-state index < -0.39 is 0 Å². The standard InChI is InChI=1S/C32H37N3O4/c1-39-26-13-11-24(12-14-26)23-35-22-18-32(31(35)38)16-20-34(21-17-32)19-15-28(25-7-3-2-4-8-25)33-30(37)27-9-5-6-10-29(27)36/h2-14,28,36H,15-23H2,1H3,(H,33,37). The van der Waals surface area contributed by atoms with Gasteiger partial charge in [-0.15, -0.1) is 0 Å². The van der Waals surface area contributed by atoms with Gasteiger partial charge in [-0.3, -0.25) is 9.59 Å². The van der Waals surface area contributed by atoms with E-state index in [9.17, 15) is 14.7 Å². The molecule has 0 bridgehead atoms. The highest BCUT2D eigenvalue weighted by Crippen LogP contribution is 2.42. The summed E-state index contributed by atoms with van der Waals surface area (Å²) >= 11 is 0. The van der Waals surface area contributed by atoms with E-state index in [1.54, 1.807) is 25.3 Å². The van der Waals surface area contributed by atoms with Gasteiger partial charge in [-0.05, 0) is 74.2 Å². The number of nitrogens with zero attached hydrogens (tertiary/aromatic N) is 2. The van der Waals surface area contributed by atoms with Gasteiger partial charge in [0.25, 0.3) is 5.91 Å². The summed E-state index contributed by atoms with van der Waals surface area (Å²) in [6, 6.07) is 24.3. The lowest BCUT2D eigenvalue weighted by atomic mass is 9.77. The number of amides is 2. The minimum Gasteiger partial charge on any atom is -0.507 e. The van der Waals surface area contributed by atoms with Crippen molar-refractivity contribution in [1.29, 1.82) is 0 Å². The molecule has 2 heterocycles. The van der Waals surface area contributed by atoms with E-state index in [-0.39, 0.29) is 34.6 Å². The Morgan fingerprint density at radius 2 is 1.62 bits per heavy atom. The van der Waals surface area contributed by atoms with Crippen LogP contribution in [0.1, 0.15) is 53.2 Å². The minimum atomic E-state index is -0.284. The predicted molar refractivity (Wildman–Crippen MR) is 151 cm³/mol. The molecule has 2 N–H and O–H groups in total. The Labute approximate surface area is 230 Å². The topological polar surface area (TPSA) is 82.1 Å². The van der Waals surface area contributed by atoms with Gasteiger partial charge in [-0.25, -0.2) is 0 Å². The number of nitrogens with one attached hydrogen (secondary N) is 1. The van der Waals surface area contributed by atoms with Gasteiger partial charge in [-0.2, -0.15) is 0 Å². The van der Waals surface area contributed by atoms with E-state index in [0.29, 0.717) is 6.54 Å². The van der Waals surface area contributed by atoms with Crippen LogP contribution in [-0.4, -0.2) is 60.0 Å². The van der Waals surface area contributed by atoms with Crippen LogP contribution < -0.4 is 10.1 Å². The van der Waals surface area contributed by atoms with Crippen LogP contribution in [-0.2, 0) is 11.3 Å². The monoisotopic (exact) mass is 527 g/mol. The summed E-state index contributed by atoms with van der Waals surface area (Å²) in [6.45, 7) is 4.01. The maximum atomic E-state index is 13.5. The van der Waals surface area contributed by atoms with Gasteiger partial charge in [0.1, 0.15) is 11.5 Å². The van der Waals surface area contributed by atoms with Gasteiger partial charge in [0.05, 0.1) is 24.1 Å². The number of aromatic hydroxyl groups is 1. The lowest BCUT2D eigenvalue weighted by Gasteiger charge is -2.38. The van der Waals surface area contributed by atoms with Crippen molar-refractivity contribution in [3.8, 4) is 11.5 Å². The number of rotatable bonds is 9. The van der Waals surface area contributed by atoms with Crippen molar-refractivity contribution in [3.63, 3.8) is 0 Å². The molecule has 39 heavy (non-hydrogen) atoms. The Kier molecular flexibility index (Phi) is 8.17. The predicted octanol–water partition coefficient (Wildman–Crippen LogP) is 4.78. The molecule has 7 nitrogen and oxygen atoms in total. The Morgan fingerprint density at radius 3 is 2.31 bits per heavy atom. The van der Waals surface area contributed by atoms with Crippen molar-refractivity contribution < 1.29 is 19.4 Å². The average molecular weight is 528 g/mol. The van der Waals surface area contributed by atoms with Crippen LogP contribution in [0.25, 0.3) is 0 Å². The van der Waals surface area contributed by atoms with E-state index >= 15 is 0 Å². The van der Waals surface area contributed by atoms with Crippen LogP contribution in [0.3, 0.4) is 0 Å². The molecule has 2 amide bonds. The number of hydrogen-bond donors (Lipinski definition) is 2. The molecule has 0 saturated carbocycles. The molecule has 2 fully saturated rings. The number of benzene rings is 3. The molecule has 0 radical (unpaired) electrons. The highest BCUT2D eigenvalue weighted by Gasteiger charge is 2.47. The van der Waals surface area contributed by atoms with Gasteiger partial charge in [0, 0.05) is 19.6 Å². The Balaban J connectivity index is 1.17. The zero-order valence-electron chi connectivity index (χ0n) is 22.5. The fourth-order valence-corrected chi connectivity index (χ4v) is 5.88.